The van der Waals surface area contributed by atoms with Crippen molar-refractivity contribution in [3.8, 4) is 0 Å². The molecule has 0 atom stereocenters. The summed E-state index contributed by atoms with van der Waals surface area (Å²) < 4.78 is 4.98. The molecule has 1 saturated heterocycles. The van der Waals surface area contributed by atoms with Crippen LogP contribution >= 0.6 is 0 Å². The lowest BCUT2D eigenvalue weighted by atomic mass is 9.96. The highest BCUT2D eigenvalue weighted by Gasteiger charge is 2.25. The van der Waals surface area contributed by atoms with Crippen LogP contribution in [-0.2, 0) is 14.3 Å². The number of piperidine rings is 1. The molecule has 0 spiro atoms. The highest BCUT2D eigenvalue weighted by atomic mass is 16.5. The molecule has 1 aromatic rings. The number of hydrogen-bond donors (Lipinski definition) is 2. The predicted molar refractivity (Wildman–Crippen MR) is 103 cm³/mol. The van der Waals surface area contributed by atoms with Crippen molar-refractivity contribution >= 4 is 17.5 Å². The van der Waals surface area contributed by atoms with Crippen LogP contribution in [0.1, 0.15) is 30.4 Å². The van der Waals surface area contributed by atoms with Gasteiger partial charge in [0.05, 0.1) is 6.54 Å². The molecule has 6 heteroatoms. The van der Waals surface area contributed by atoms with Crippen LogP contribution in [0.4, 0.5) is 5.69 Å². The number of nitrogens with one attached hydrogen (secondary N) is 2. The quantitative estimate of drug-likeness (QED) is 0.696. The van der Waals surface area contributed by atoms with Crippen molar-refractivity contribution in [2.24, 2.45) is 5.92 Å². The summed E-state index contributed by atoms with van der Waals surface area (Å²) in [6, 6.07) is 6.01. The van der Waals surface area contributed by atoms with E-state index < -0.39 is 0 Å². The molecule has 0 saturated carbocycles. The predicted octanol–water partition coefficient (Wildman–Crippen LogP) is 2.11. The summed E-state index contributed by atoms with van der Waals surface area (Å²) in [6.45, 7) is 7.28. The molecule has 0 radical (unpaired) electrons. The van der Waals surface area contributed by atoms with Crippen molar-refractivity contribution in [2.45, 2.75) is 33.1 Å². The summed E-state index contributed by atoms with van der Waals surface area (Å²) in [5.41, 5.74) is 3.12. The first kappa shape index (κ1) is 20.4. The van der Waals surface area contributed by atoms with Crippen LogP contribution in [-0.4, -0.2) is 56.6 Å². The summed E-state index contributed by atoms with van der Waals surface area (Å²) in [5.74, 6) is 0.177. The molecule has 1 aliphatic rings. The Morgan fingerprint density at radius 3 is 2.62 bits per heavy atom. The van der Waals surface area contributed by atoms with E-state index in [9.17, 15) is 9.59 Å². The molecule has 1 aromatic carbocycles. The number of ether oxygens (including phenoxy) is 1. The number of nitrogens with zero attached hydrogens (tertiary/aromatic N) is 1. The number of carbonyl (C=O) groups excluding carboxylic acids is 2. The van der Waals surface area contributed by atoms with Gasteiger partial charge in [0.2, 0.25) is 11.8 Å². The summed E-state index contributed by atoms with van der Waals surface area (Å²) >= 11 is 0. The maximum Gasteiger partial charge on any atom is 0.238 e. The van der Waals surface area contributed by atoms with Gasteiger partial charge in [0.1, 0.15) is 0 Å². The molecule has 26 heavy (non-hydrogen) atoms. The molecule has 1 aliphatic heterocycles. The Morgan fingerprint density at radius 2 is 1.96 bits per heavy atom. The van der Waals surface area contributed by atoms with Crippen LogP contribution < -0.4 is 10.6 Å². The number of benzene rings is 1. The maximum absolute atomic E-state index is 12.3. The highest BCUT2D eigenvalue weighted by Crippen LogP contribution is 2.18. The molecule has 6 nitrogen and oxygen atoms in total. The fourth-order valence-electron chi connectivity index (χ4n) is 3.27. The first-order valence-electron chi connectivity index (χ1n) is 9.35. The van der Waals surface area contributed by atoms with Gasteiger partial charge in [-0.1, -0.05) is 17.7 Å². The Balaban J connectivity index is 1.71. The van der Waals surface area contributed by atoms with E-state index in [0.717, 1.165) is 43.6 Å². The van der Waals surface area contributed by atoms with Crippen LogP contribution in [0.3, 0.4) is 0 Å². The van der Waals surface area contributed by atoms with E-state index in [1.165, 1.54) is 5.56 Å². The molecular weight excluding hydrogens is 330 g/mol. The van der Waals surface area contributed by atoms with Crippen molar-refractivity contribution in [2.75, 3.05) is 45.2 Å². The molecule has 0 bridgehead atoms. The zero-order valence-electron chi connectivity index (χ0n) is 16.1. The largest absolute Gasteiger partial charge is 0.385 e. The summed E-state index contributed by atoms with van der Waals surface area (Å²) in [6.07, 6.45) is 2.43. The topological polar surface area (TPSA) is 70.7 Å². The Hall–Kier alpha value is -1.92. The molecule has 2 amide bonds. The lowest BCUT2D eigenvalue weighted by Crippen LogP contribution is -2.43. The van der Waals surface area contributed by atoms with Gasteiger partial charge in [-0.15, -0.1) is 0 Å². The minimum Gasteiger partial charge on any atom is -0.385 e. The minimum absolute atomic E-state index is 0.000537. The summed E-state index contributed by atoms with van der Waals surface area (Å²) in [5, 5.41) is 5.96. The van der Waals surface area contributed by atoms with Gasteiger partial charge >= 0.3 is 0 Å². The molecule has 144 valence electrons. The third-order valence-corrected chi connectivity index (χ3v) is 4.81. The van der Waals surface area contributed by atoms with Crippen molar-refractivity contribution < 1.29 is 14.3 Å². The Morgan fingerprint density at radius 1 is 1.23 bits per heavy atom. The second kappa shape index (κ2) is 10.3. The van der Waals surface area contributed by atoms with E-state index in [2.05, 4.69) is 21.6 Å². The maximum atomic E-state index is 12.3. The number of amides is 2. The molecular formula is C20H31N3O3. The SMILES string of the molecule is COCCCNC(=O)C1CCN(CC(=O)Nc2ccc(C)cc2C)CC1. The third-order valence-electron chi connectivity index (χ3n) is 4.81. The molecule has 0 aliphatic carbocycles. The van der Waals surface area contributed by atoms with Gasteiger partial charge in [-0.2, -0.15) is 0 Å². The van der Waals surface area contributed by atoms with E-state index in [4.69, 9.17) is 4.74 Å². The standard InChI is InChI=1S/C20H31N3O3/c1-15-5-6-18(16(2)13-15)22-19(24)14-23-10-7-17(8-11-23)20(25)21-9-4-12-26-3/h5-6,13,17H,4,7-12,14H2,1-3H3,(H,21,25)(H,22,24). The Labute approximate surface area is 156 Å². The molecule has 2 N–H and O–H groups in total. The molecule has 1 heterocycles. The van der Waals surface area contributed by atoms with Gasteiger partial charge in [-0.25, -0.2) is 0 Å². The van der Waals surface area contributed by atoms with E-state index in [1.54, 1.807) is 7.11 Å². The van der Waals surface area contributed by atoms with Gasteiger partial charge in [-0.05, 0) is 57.8 Å². The zero-order chi connectivity index (χ0) is 18.9. The lowest BCUT2D eigenvalue weighted by molar-refractivity contribution is -0.126. The van der Waals surface area contributed by atoms with Crippen LogP contribution in [0.15, 0.2) is 18.2 Å². The number of rotatable bonds is 8. The summed E-state index contributed by atoms with van der Waals surface area (Å²) in [7, 11) is 1.66. The van der Waals surface area contributed by atoms with Gasteiger partial charge < -0.3 is 15.4 Å². The monoisotopic (exact) mass is 361 g/mol. The lowest BCUT2D eigenvalue weighted by Gasteiger charge is -2.30. The zero-order valence-corrected chi connectivity index (χ0v) is 16.1. The second-order valence-corrected chi connectivity index (χ2v) is 7.05. The fraction of sp³-hybridized carbons (Fsp3) is 0.600. The van der Waals surface area contributed by atoms with Crippen LogP contribution in [0, 0.1) is 19.8 Å². The van der Waals surface area contributed by atoms with Crippen molar-refractivity contribution in [1.29, 1.82) is 0 Å². The van der Waals surface area contributed by atoms with Crippen molar-refractivity contribution in [1.82, 2.24) is 10.2 Å². The number of carbonyl (C=O) groups is 2. The van der Waals surface area contributed by atoms with Crippen LogP contribution in [0.5, 0.6) is 0 Å². The third kappa shape index (κ3) is 6.42. The Bertz CT molecular complexity index is 610. The van der Waals surface area contributed by atoms with Crippen molar-refractivity contribution in [3.63, 3.8) is 0 Å². The molecule has 2 rings (SSSR count). The van der Waals surface area contributed by atoms with Gasteiger partial charge in [0, 0.05) is 31.9 Å². The number of likely N-dealkylation sites (tertiary alicyclic amines) is 1. The number of aryl methyl sites for hydroxylation is 2. The number of anilines is 1. The van der Waals surface area contributed by atoms with Gasteiger partial charge in [0.25, 0.3) is 0 Å². The second-order valence-electron chi connectivity index (χ2n) is 7.05. The van der Waals surface area contributed by atoms with Gasteiger partial charge in [0.15, 0.2) is 0 Å². The first-order valence-corrected chi connectivity index (χ1v) is 9.35. The Kier molecular flexibility index (Phi) is 8.06. The van der Waals surface area contributed by atoms with Crippen LogP contribution in [0.25, 0.3) is 0 Å². The average Bonchev–Trinajstić information content (AvgIpc) is 2.61. The van der Waals surface area contributed by atoms with E-state index in [-0.39, 0.29) is 17.7 Å². The summed E-state index contributed by atoms with van der Waals surface area (Å²) in [4.78, 5) is 26.6. The van der Waals surface area contributed by atoms with E-state index in [0.29, 0.717) is 19.7 Å². The normalized spacial score (nSPS) is 15.7. The smallest absolute Gasteiger partial charge is 0.238 e. The highest BCUT2D eigenvalue weighted by molar-refractivity contribution is 5.93. The molecule has 1 fully saturated rings. The molecule has 0 unspecified atom stereocenters. The number of methoxy groups -OCH3 is 1. The minimum atomic E-state index is -0.000537. The fourth-order valence-corrected chi connectivity index (χ4v) is 3.27. The van der Waals surface area contributed by atoms with Crippen LogP contribution in [0.2, 0.25) is 0 Å². The van der Waals surface area contributed by atoms with E-state index in [1.807, 2.05) is 26.0 Å². The first-order chi connectivity index (χ1) is 12.5. The molecule has 0 aromatic heterocycles. The average molecular weight is 361 g/mol. The van der Waals surface area contributed by atoms with Crippen molar-refractivity contribution in [3.05, 3.63) is 29.3 Å². The number of hydrogen-bond acceptors (Lipinski definition) is 4. The van der Waals surface area contributed by atoms with E-state index >= 15 is 0 Å². The van der Waals surface area contributed by atoms with Gasteiger partial charge in [-0.3, -0.25) is 14.5 Å².